The van der Waals surface area contributed by atoms with Gasteiger partial charge in [-0.15, -0.1) is 0 Å². The van der Waals surface area contributed by atoms with E-state index >= 15 is 0 Å². The first-order valence-electron chi connectivity index (χ1n) is 5.75. The normalized spacial score (nSPS) is 30.1. The molecule has 0 aromatic rings. The lowest BCUT2D eigenvalue weighted by molar-refractivity contribution is -0.130. The molecule has 14 heavy (non-hydrogen) atoms. The fraction of sp³-hybridized carbons (Fsp3) is 0.909. The molecule has 1 amide bonds. The van der Waals surface area contributed by atoms with Crippen LogP contribution >= 0.6 is 0 Å². The van der Waals surface area contributed by atoms with Gasteiger partial charge in [0.15, 0.2) is 0 Å². The first-order valence-corrected chi connectivity index (χ1v) is 5.75. The molecule has 2 aliphatic carbocycles. The van der Waals surface area contributed by atoms with Gasteiger partial charge in [0.05, 0.1) is 6.54 Å². The number of hydrogen-bond donors (Lipinski definition) is 1. The van der Waals surface area contributed by atoms with Crippen molar-refractivity contribution < 1.29 is 4.79 Å². The highest BCUT2D eigenvalue weighted by atomic mass is 16.2. The molecule has 2 unspecified atom stereocenters. The zero-order valence-corrected chi connectivity index (χ0v) is 9.12. The summed E-state index contributed by atoms with van der Waals surface area (Å²) in [5.74, 6) is 1.06. The molecule has 1 N–H and O–H groups in total. The molecule has 0 aromatic carbocycles. The van der Waals surface area contributed by atoms with E-state index in [0.29, 0.717) is 18.6 Å². The van der Waals surface area contributed by atoms with Crippen molar-refractivity contribution >= 4 is 5.91 Å². The third-order valence-corrected chi connectivity index (χ3v) is 3.27. The molecule has 0 aromatic heterocycles. The highest BCUT2D eigenvalue weighted by Gasteiger charge is 2.34. The Labute approximate surface area is 85.8 Å². The van der Waals surface area contributed by atoms with Crippen LogP contribution in [0.25, 0.3) is 0 Å². The number of carbonyl (C=O) groups excluding carboxylic acids is 1. The molecule has 0 saturated heterocycles. The number of nitrogens with one attached hydrogen (secondary N) is 1. The molecular formula is C11H20N2O. The lowest BCUT2D eigenvalue weighted by Gasteiger charge is -2.20. The molecule has 2 atom stereocenters. The van der Waals surface area contributed by atoms with Gasteiger partial charge < -0.3 is 10.2 Å². The fourth-order valence-corrected chi connectivity index (χ4v) is 1.95. The fourth-order valence-electron chi connectivity index (χ4n) is 1.95. The molecule has 2 aliphatic rings. The molecule has 0 radical (unpaired) electrons. The van der Waals surface area contributed by atoms with Crippen molar-refractivity contribution in [3.05, 3.63) is 0 Å². The van der Waals surface area contributed by atoms with Gasteiger partial charge in [0.2, 0.25) is 5.91 Å². The molecule has 0 heterocycles. The van der Waals surface area contributed by atoms with Gasteiger partial charge in [0.25, 0.3) is 0 Å². The largest absolute Gasteiger partial charge is 0.339 e. The summed E-state index contributed by atoms with van der Waals surface area (Å²) in [5, 5.41) is 3.31. The number of hydrogen-bond acceptors (Lipinski definition) is 2. The number of amides is 1. The Balaban J connectivity index is 1.70. The summed E-state index contributed by atoms with van der Waals surface area (Å²) in [7, 11) is 0. The Morgan fingerprint density at radius 3 is 2.57 bits per heavy atom. The van der Waals surface area contributed by atoms with Crippen LogP contribution in [0.3, 0.4) is 0 Å². The highest BCUT2D eigenvalue weighted by molar-refractivity contribution is 5.79. The predicted molar refractivity (Wildman–Crippen MR) is 56.0 cm³/mol. The number of nitrogens with zero attached hydrogens (tertiary/aromatic N) is 1. The maximum Gasteiger partial charge on any atom is 0.236 e. The molecule has 0 bridgehead atoms. The van der Waals surface area contributed by atoms with Crippen LogP contribution in [-0.2, 0) is 4.79 Å². The average molecular weight is 196 g/mol. The SMILES string of the molecule is CCN(C(=O)CNC1CC1C)C1CC1. The van der Waals surface area contributed by atoms with E-state index in [-0.39, 0.29) is 5.91 Å². The lowest BCUT2D eigenvalue weighted by atomic mass is 10.4. The van der Waals surface area contributed by atoms with Crippen molar-refractivity contribution in [2.45, 2.75) is 45.2 Å². The Kier molecular flexibility index (Phi) is 2.77. The number of likely N-dealkylation sites (N-methyl/N-ethyl adjacent to an activating group) is 1. The van der Waals surface area contributed by atoms with Crippen LogP contribution in [0.4, 0.5) is 0 Å². The van der Waals surface area contributed by atoms with E-state index in [0.717, 1.165) is 12.5 Å². The highest BCUT2D eigenvalue weighted by Crippen LogP contribution is 2.29. The summed E-state index contributed by atoms with van der Waals surface area (Å²) >= 11 is 0. The topological polar surface area (TPSA) is 32.3 Å². The van der Waals surface area contributed by atoms with Crippen LogP contribution in [0, 0.1) is 5.92 Å². The van der Waals surface area contributed by atoms with Crippen LogP contribution in [0.15, 0.2) is 0 Å². The first-order chi connectivity index (χ1) is 6.72. The summed E-state index contributed by atoms with van der Waals surface area (Å²) in [6.07, 6.45) is 3.65. The molecule has 0 aliphatic heterocycles. The van der Waals surface area contributed by atoms with E-state index in [1.807, 2.05) is 4.90 Å². The first kappa shape index (κ1) is 9.97. The standard InChI is InChI=1S/C11H20N2O/c1-3-13(9-4-5-9)11(14)7-12-10-6-8(10)2/h8-10,12H,3-7H2,1-2H3. The molecule has 2 saturated carbocycles. The molecule has 0 spiro atoms. The molecule has 3 nitrogen and oxygen atoms in total. The van der Waals surface area contributed by atoms with Crippen molar-refractivity contribution in [3.63, 3.8) is 0 Å². The minimum Gasteiger partial charge on any atom is -0.339 e. The van der Waals surface area contributed by atoms with E-state index in [4.69, 9.17) is 0 Å². The van der Waals surface area contributed by atoms with Crippen LogP contribution in [0.5, 0.6) is 0 Å². The molecular weight excluding hydrogens is 176 g/mol. The van der Waals surface area contributed by atoms with E-state index in [1.54, 1.807) is 0 Å². The van der Waals surface area contributed by atoms with Gasteiger partial charge in [-0.25, -0.2) is 0 Å². The Hall–Kier alpha value is -0.570. The second kappa shape index (κ2) is 3.89. The smallest absolute Gasteiger partial charge is 0.236 e. The van der Waals surface area contributed by atoms with Crippen LogP contribution < -0.4 is 5.32 Å². The van der Waals surface area contributed by atoms with Gasteiger partial charge in [-0.2, -0.15) is 0 Å². The lowest BCUT2D eigenvalue weighted by Crippen LogP contribution is -2.40. The van der Waals surface area contributed by atoms with E-state index in [1.165, 1.54) is 19.3 Å². The van der Waals surface area contributed by atoms with E-state index in [9.17, 15) is 4.79 Å². The minimum atomic E-state index is 0.286. The maximum atomic E-state index is 11.8. The number of rotatable bonds is 5. The van der Waals surface area contributed by atoms with Crippen LogP contribution in [0.1, 0.15) is 33.1 Å². The third kappa shape index (κ3) is 2.27. The predicted octanol–water partition coefficient (Wildman–Crippen LogP) is 0.995. The summed E-state index contributed by atoms with van der Waals surface area (Å²) in [4.78, 5) is 13.8. The summed E-state index contributed by atoms with van der Waals surface area (Å²) in [6, 6.07) is 1.17. The quantitative estimate of drug-likeness (QED) is 0.711. The van der Waals surface area contributed by atoms with Gasteiger partial charge in [-0.3, -0.25) is 4.79 Å². The molecule has 2 rings (SSSR count). The van der Waals surface area contributed by atoms with Crippen molar-refractivity contribution in [3.8, 4) is 0 Å². The monoisotopic (exact) mass is 196 g/mol. The van der Waals surface area contributed by atoms with Crippen molar-refractivity contribution in [2.75, 3.05) is 13.1 Å². The molecule has 3 heteroatoms. The van der Waals surface area contributed by atoms with E-state index in [2.05, 4.69) is 19.2 Å². The minimum absolute atomic E-state index is 0.286. The van der Waals surface area contributed by atoms with Crippen LogP contribution in [0.2, 0.25) is 0 Å². The van der Waals surface area contributed by atoms with Crippen molar-refractivity contribution in [1.82, 2.24) is 10.2 Å². The third-order valence-electron chi connectivity index (χ3n) is 3.27. The van der Waals surface area contributed by atoms with Gasteiger partial charge in [-0.05, 0) is 32.1 Å². The van der Waals surface area contributed by atoms with Crippen molar-refractivity contribution in [2.24, 2.45) is 5.92 Å². The van der Waals surface area contributed by atoms with Gasteiger partial charge in [0.1, 0.15) is 0 Å². The Morgan fingerprint density at radius 1 is 1.50 bits per heavy atom. The Bertz CT molecular complexity index is 225. The van der Waals surface area contributed by atoms with Gasteiger partial charge in [0, 0.05) is 18.6 Å². The molecule has 2 fully saturated rings. The number of carbonyl (C=O) groups is 1. The maximum absolute atomic E-state index is 11.8. The summed E-state index contributed by atoms with van der Waals surface area (Å²) in [6.45, 7) is 5.70. The van der Waals surface area contributed by atoms with Crippen LogP contribution in [-0.4, -0.2) is 36.0 Å². The summed E-state index contributed by atoms with van der Waals surface area (Å²) in [5.41, 5.74) is 0. The Morgan fingerprint density at radius 2 is 2.14 bits per heavy atom. The average Bonchev–Trinajstić information content (AvgIpc) is 3.02. The zero-order chi connectivity index (χ0) is 10.1. The zero-order valence-electron chi connectivity index (χ0n) is 9.12. The van der Waals surface area contributed by atoms with Crippen molar-refractivity contribution in [1.29, 1.82) is 0 Å². The molecule has 80 valence electrons. The van der Waals surface area contributed by atoms with Gasteiger partial charge in [-0.1, -0.05) is 6.92 Å². The summed E-state index contributed by atoms with van der Waals surface area (Å²) < 4.78 is 0. The van der Waals surface area contributed by atoms with E-state index < -0.39 is 0 Å². The second-order valence-electron chi connectivity index (χ2n) is 4.61. The van der Waals surface area contributed by atoms with Gasteiger partial charge >= 0.3 is 0 Å². The second-order valence-corrected chi connectivity index (χ2v) is 4.61.